The number of carbonyl (C=O) groups is 2. The van der Waals surface area contributed by atoms with Crippen molar-refractivity contribution in [3.63, 3.8) is 0 Å². The summed E-state index contributed by atoms with van der Waals surface area (Å²) in [5.74, 6) is -0.442. The highest BCUT2D eigenvalue weighted by molar-refractivity contribution is 5.82. The van der Waals surface area contributed by atoms with Crippen molar-refractivity contribution in [1.29, 1.82) is 0 Å². The minimum absolute atomic E-state index is 0.300. The molecule has 0 aliphatic carbocycles. The number of hydrogen-bond acceptors (Lipinski definition) is 4. The Morgan fingerprint density at radius 2 is 1.62 bits per heavy atom. The predicted octanol–water partition coefficient (Wildman–Crippen LogP) is 4.91. The second kappa shape index (κ2) is 10.5. The van der Waals surface area contributed by atoms with E-state index in [1.807, 2.05) is 42.5 Å². The van der Waals surface area contributed by atoms with Gasteiger partial charge in [-0.2, -0.15) is 0 Å². The molecule has 5 nitrogen and oxygen atoms in total. The quantitative estimate of drug-likeness (QED) is 0.534. The van der Waals surface area contributed by atoms with E-state index in [4.69, 9.17) is 9.47 Å². The van der Waals surface area contributed by atoms with E-state index in [-0.39, 0.29) is 0 Å². The van der Waals surface area contributed by atoms with E-state index >= 15 is 0 Å². The molecule has 2 aromatic carbocycles. The van der Waals surface area contributed by atoms with Crippen LogP contribution in [0.1, 0.15) is 33.3 Å². The number of benzene rings is 2. The van der Waals surface area contributed by atoms with Crippen LogP contribution in [-0.2, 0) is 20.7 Å². The first-order valence-electron chi connectivity index (χ1n) is 9.75. The second-order valence-corrected chi connectivity index (χ2v) is 7.63. The first kappa shape index (κ1) is 22.2. The van der Waals surface area contributed by atoms with Crippen molar-refractivity contribution in [2.75, 3.05) is 6.61 Å². The number of esters is 1. The molecule has 1 amide bonds. The van der Waals surface area contributed by atoms with Gasteiger partial charge >= 0.3 is 12.1 Å². The fourth-order valence-corrected chi connectivity index (χ4v) is 2.73. The molecule has 0 bridgehead atoms. The molecule has 2 rings (SSSR count). The zero-order chi connectivity index (χ0) is 21.3. The largest absolute Gasteiger partial charge is 0.463 e. The number of hydrogen-bond donors (Lipinski definition) is 1. The lowest BCUT2D eigenvalue weighted by Gasteiger charge is -2.22. The molecule has 0 saturated carbocycles. The molecule has 0 aliphatic rings. The molecule has 0 fully saturated rings. The summed E-state index contributed by atoms with van der Waals surface area (Å²) >= 11 is 0. The summed E-state index contributed by atoms with van der Waals surface area (Å²) < 4.78 is 10.3. The predicted molar refractivity (Wildman–Crippen MR) is 115 cm³/mol. The van der Waals surface area contributed by atoms with Crippen LogP contribution in [0.5, 0.6) is 0 Å². The molecule has 0 unspecified atom stereocenters. The average Bonchev–Trinajstić information content (AvgIpc) is 2.66. The Bertz CT molecular complexity index is 820. The molecule has 0 saturated heterocycles. The highest BCUT2D eigenvalue weighted by Gasteiger charge is 2.19. The number of rotatable bonds is 7. The van der Waals surface area contributed by atoms with E-state index in [9.17, 15) is 9.59 Å². The van der Waals surface area contributed by atoms with Crippen molar-refractivity contribution in [3.8, 4) is 11.1 Å². The summed E-state index contributed by atoms with van der Waals surface area (Å²) in [5, 5.41) is 2.81. The molecule has 1 N–H and O–H groups in total. The number of amides is 1. The molecule has 29 heavy (non-hydrogen) atoms. The maximum atomic E-state index is 12.2. The smallest absolute Gasteiger partial charge is 0.408 e. The Kier molecular flexibility index (Phi) is 8.01. The monoisotopic (exact) mass is 395 g/mol. The molecule has 154 valence electrons. The van der Waals surface area contributed by atoms with Gasteiger partial charge in [-0.3, -0.25) is 0 Å². The number of alkyl carbamates (subject to hydrolysis) is 1. The van der Waals surface area contributed by atoms with Gasteiger partial charge in [0.1, 0.15) is 5.60 Å². The third-order valence-electron chi connectivity index (χ3n) is 3.97. The summed E-state index contributed by atoms with van der Waals surface area (Å²) in [6, 6.07) is 17.8. The minimum atomic E-state index is -0.600. The standard InChI is InChI=1S/C24H29NO4/c1-5-28-22(26)16-15-21(25-23(27)29-24(2,3)4)17-18-11-13-20(14-12-18)19-9-7-6-8-10-19/h6-16,21H,5,17H2,1-4H3,(H,25,27)/t21-/m1/s1. The minimum Gasteiger partial charge on any atom is -0.463 e. The zero-order valence-corrected chi connectivity index (χ0v) is 17.5. The van der Waals surface area contributed by atoms with Crippen LogP contribution in [0, 0.1) is 0 Å². The van der Waals surface area contributed by atoms with Gasteiger partial charge in [-0.1, -0.05) is 60.7 Å². The van der Waals surface area contributed by atoms with E-state index in [1.54, 1.807) is 33.8 Å². The normalized spacial score (nSPS) is 12.4. The Balaban J connectivity index is 2.11. The molecule has 1 atom stereocenters. The van der Waals surface area contributed by atoms with Crippen LogP contribution in [0.25, 0.3) is 11.1 Å². The number of carbonyl (C=O) groups excluding carboxylic acids is 2. The molecular weight excluding hydrogens is 366 g/mol. The molecule has 0 aliphatic heterocycles. The topological polar surface area (TPSA) is 64.6 Å². The van der Waals surface area contributed by atoms with Crippen molar-refractivity contribution in [1.82, 2.24) is 5.32 Å². The van der Waals surface area contributed by atoms with E-state index in [0.29, 0.717) is 13.0 Å². The molecule has 0 spiro atoms. The first-order valence-corrected chi connectivity index (χ1v) is 9.75. The molecular formula is C24H29NO4. The lowest BCUT2D eigenvalue weighted by molar-refractivity contribution is -0.137. The first-order chi connectivity index (χ1) is 13.8. The lowest BCUT2D eigenvalue weighted by Crippen LogP contribution is -2.39. The Morgan fingerprint density at radius 1 is 1.00 bits per heavy atom. The van der Waals surface area contributed by atoms with E-state index in [1.165, 1.54) is 6.08 Å². The van der Waals surface area contributed by atoms with Crippen LogP contribution in [0.3, 0.4) is 0 Å². The van der Waals surface area contributed by atoms with Crippen LogP contribution < -0.4 is 5.32 Å². The van der Waals surface area contributed by atoms with Gasteiger partial charge < -0.3 is 14.8 Å². The summed E-state index contributed by atoms with van der Waals surface area (Å²) in [5.41, 5.74) is 2.69. The van der Waals surface area contributed by atoms with Gasteiger partial charge in [-0.25, -0.2) is 9.59 Å². The third-order valence-corrected chi connectivity index (χ3v) is 3.97. The van der Waals surface area contributed by atoms with Crippen molar-refractivity contribution >= 4 is 12.1 Å². The third kappa shape index (κ3) is 8.21. The maximum Gasteiger partial charge on any atom is 0.408 e. The van der Waals surface area contributed by atoms with Crippen LogP contribution in [0.15, 0.2) is 66.7 Å². The van der Waals surface area contributed by atoms with Crippen LogP contribution in [0.2, 0.25) is 0 Å². The van der Waals surface area contributed by atoms with Crippen molar-refractivity contribution in [2.45, 2.75) is 45.8 Å². The van der Waals surface area contributed by atoms with Crippen molar-refractivity contribution < 1.29 is 19.1 Å². The van der Waals surface area contributed by atoms with Gasteiger partial charge in [0, 0.05) is 6.08 Å². The lowest BCUT2D eigenvalue weighted by atomic mass is 10.0. The summed E-state index contributed by atoms with van der Waals surface area (Å²) in [4.78, 5) is 23.8. The van der Waals surface area contributed by atoms with Gasteiger partial charge in [-0.05, 0) is 50.8 Å². The molecule has 0 aromatic heterocycles. The summed E-state index contributed by atoms with van der Waals surface area (Å²) in [6.45, 7) is 7.46. The van der Waals surface area contributed by atoms with Crippen molar-refractivity contribution in [2.24, 2.45) is 0 Å². The van der Waals surface area contributed by atoms with Gasteiger partial charge in [0.25, 0.3) is 0 Å². The fourth-order valence-electron chi connectivity index (χ4n) is 2.73. The summed E-state index contributed by atoms with van der Waals surface area (Å²) in [7, 11) is 0. The molecule has 0 radical (unpaired) electrons. The maximum absolute atomic E-state index is 12.2. The second-order valence-electron chi connectivity index (χ2n) is 7.63. The van der Waals surface area contributed by atoms with Crippen molar-refractivity contribution in [3.05, 3.63) is 72.3 Å². The average molecular weight is 395 g/mol. The van der Waals surface area contributed by atoms with Crippen LogP contribution in [0.4, 0.5) is 4.79 Å². The highest BCUT2D eigenvalue weighted by atomic mass is 16.6. The SMILES string of the molecule is CCOC(=O)C=C[C@H](Cc1ccc(-c2ccccc2)cc1)NC(=O)OC(C)(C)C. The Morgan fingerprint density at radius 3 is 2.21 bits per heavy atom. The summed E-state index contributed by atoms with van der Waals surface area (Å²) in [6.07, 6.45) is 2.96. The molecule has 5 heteroatoms. The van der Waals surface area contributed by atoms with Gasteiger partial charge in [0.15, 0.2) is 0 Å². The molecule has 2 aromatic rings. The number of ether oxygens (including phenoxy) is 2. The fraction of sp³-hybridized carbons (Fsp3) is 0.333. The van der Waals surface area contributed by atoms with Gasteiger partial charge in [0.05, 0.1) is 12.6 Å². The van der Waals surface area contributed by atoms with Crippen LogP contribution >= 0.6 is 0 Å². The Labute approximate surface area is 172 Å². The van der Waals surface area contributed by atoms with Gasteiger partial charge in [0.2, 0.25) is 0 Å². The van der Waals surface area contributed by atoms with E-state index in [2.05, 4.69) is 17.4 Å². The van der Waals surface area contributed by atoms with Crippen LogP contribution in [-0.4, -0.2) is 30.3 Å². The Hall–Kier alpha value is -3.08. The van der Waals surface area contributed by atoms with E-state index in [0.717, 1.165) is 16.7 Å². The highest BCUT2D eigenvalue weighted by Crippen LogP contribution is 2.20. The molecule has 0 heterocycles. The van der Waals surface area contributed by atoms with E-state index < -0.39 is 23.7 Å². The zero-order valence-electron chi connectivity index (χ0n) is 17.5. The number of nitrogens with one attached hydrogen (secondary N) is 1. The van der Waals surface area contributed by atoms with Gasteiger partial charge in [-0.15, -0.1) is 0 Å².